The first kappa shape index (κ1) is 22.4. The molecule has 3 aromatic rings. The van der Waals surface area contributed by atoms with Gasteiger partial charge in [0.25, 0.3) is 0 Å². The highest BCUT2D eigenvalue weighted by atomic mass is 32.2. The summed E-state index contributed by atoms with van der Waals surface area (Å²) in [6, 6.07) is 15.3. The van der Waals surface area contributed by atoms with Gasteiger partial charge >= 0.3 is 0 Å². The van der Waals surface area contributed by atoms with E-state index < -0.39 is 16.1 Å². The number of aromatic nitrogens is 1. The Morgan fingerprint density at radius 3 is 2.55 bits per heavy atom. The number of H-pyrrole nitrogens is 1. The molecule has 2 aliphatic rings. The van der Waals surface area contributed by atoms with E-state index in [2.05, 4.69) is 16.0 Å². The lowest BCUT2D eigenvalue weighted by atomic mass is 9.91. The molecule has 0 amide bonds. The van der Waals surface area contributed by atoms with E-state index in [9.17, 15) is 12.8 Å². The van der Waals surface area contributed by atoms with Crippen LogP contribution in [0.25, 0.3) is 10.9 Å². The fourth-order valence-electron chi connectivity index (χ4n) is 5.27. The summed E-state index contributed by atoms with van der Waals surface area (Å²) in [5, 5.41) is 1.15. The first-order chi connectivity index (χ1) is 15.8. The highest BCUT2D eigenvalue weighted by molar-refractivity contribution is 7.88. The summed E-state index contributed by atoms with van der Waals surface area (Å²) < 4.78 is 45.7. The van der Waals surface area contributed by atoms with Crippen LogP contribution in [-0.2, 0) is 16.4 Å². The van der Waals surface area contributed by atoms with Gasteiger partial charge in [0.05, 0.1) is 19.0 Å². The van der Waals surface area contributed by atoms with Crippen molar-refractivity contribution in [3.8, 4) is 5.75 Å². The molecule has 8 heteroatoms. The predicted molar refractivity (Wildman–Crippen MR) is 128 cm³/mol. The Kier molecular flexibility index (Phi) is 5.93. The number of rotatable bonds is 7. The molecule has 0 bridgehead atoms. The van der Waals surface area contributed by atoms with E-state index in [1.54, 1.807) is 4.31 Å². The van der Waals surface area contributed by atoms with Crippen LogP contribution in [0.2, 0.25) is 0 Å². The van der Waals surface area contributed by atoms with Gasteiger partial charge in [-0.25, -0.2) is 8.42 Å². The molecule has 33 heavy (non-hydrogen) atoms. The van der Waals surface area contributed by atoms with Crippen molar-refractivity contribution in [1.29, 1.82) is 0 Å². The summed E-state index contributed by atoms with van der Waals surface area (Å²) in [6.45, 7) is 4.64. The van der Waals surface area contributed by atoms with E-state index >= 15 is 0 Å². The van der Waals surface area contributed by atoms with Crippen molar-refractivity contribution < 1.29 is 17.5 Å². The van der Waals surface area contributed by atoms with Crippen LogP contribution in [0.1, 0.15) is 29.8 Å². The van der Waals surface area contributed by atoms with Gasteiger partial charge in [0.1, 0.15) is 12.4 Å². The van der Waals surface area contributed by atoms with E-state index in [1.165, 1.54) is 11.8 Å². The molecule has 2 aliphatic heterocycles. The number of likely N-dealkylation sites (tertiary alicyclic amines) is 1. The van der Waals surface area contributed by atoms with E-state index in [4.69, 9.17) is 4.74 Å². The van der Waals surface area contributed by atoms with Crippen LogP contribution < -0.4 is 4.74 Å². The van der Waals surface area contributed by atoms with E-state index in [0.29, 0.717) is 13.0 Å². The van der Waals surface area contributed by atoms with Crippen LogP contribution in [0, 0.1) is 5.92 Å². The van der Waals surface area contributed by atoms with Crippen LogP contribution in [-0.4, -0.2) is 67.8 Å². The molecule has 0 radical (unpaired) electrons. The Morgan fingerprint density at radius 2 is 1.85 bits per heavy atom. The first-order valence-corrected chi connectivity index (χ1v) is 13.3. The molecular weight excluding hydrogens is 441 g/mol. The molecule has 176 valence electrons. The Balaban J connectivity index is 1.40. The van der Waals surface area contributed by atoms with Crippen LogP contribution in [0.15, 0.2) is 48.5 Å². The molecule has 5 rings (SSSR count). The first-order valence-electron chi connectivity index (χ1n) is 11.4. The molecule has 0 unspecified atom stereocenters. The van der Waals surface area contributed by atoms with Gasteiger partial charge in [0, 0.05) is 48.2 Å². The topological polar surface area (TPSA) is 65.6 Å². The Morgan fingerprint density at radius 1 is 1.12 bits per heavy atom. The molecule has 2 aromatic carbocycles. The van der Waals surface area contributed by atoms with Crippen molar-refractivity contribution in [2.75, 3.05) is 39.2 Å². The maximum absolute atomic E-state index is 12.8. The zero-order valence-electron chi connectivity index (χ0n) is 19.0. The van der Waals surface area contributed by atoms with Crippen molar-refractivity contribution in [1.82, 2.24) is 14.2 Å². The minimum absolute atomic E-state index is 0.155. The zero-order valence-corrected chi connectivity index (χ0v) is 19.8. The lowest BCUT2D eigenvalue weighted by molar-refractivity contribution is 0.0668. The summed E-state index contributed by atoms with van der Waals surface area (Å²) in [5.41, 5.74) is 4.05. The van der Waals surface area contributed by atoms with Gasteiger partial charge in [-0.1, -0.05) is 30.3 Å². The number of fused-ring (bicyclic) bond motifs is 3. The quantitative estimate of drug-likeness (QED) is 0.570. The van der Waals surface area contributed by atoms with Gasteiger partial charge in [-0.05, 0) is 42.7 Å². The largest absolute Gasteiger partial charge is 0.492 e. The lowest BCUT2D eigenvalue weighted by Crippen LogP contribution is -2.49. The van der Waals surface area contributed by atoms with Crippen LogP contribution in [0.4, 0.5) is 4.39 Å². The molecule has 1 aromatic heterocycles. The molecular formula is C25H30FN3O3S. The SMILES string of the molecule is C[C@@H]1Cc2c([nH]c3ccccc23)[C@H](c2ccc(OCCN3CC(CF)C3)cc2)N1S(C)(=O)=O. The van der Waals surface area contributed by atoms with E-state index in [1.807, 2.05) is 49.4 Å². The Labute approximate surface area is 194 Å². The standard InChI is InChI=1S/C25H30FN3O3S/c1-17-13-22-21-5-3-4-6-23(21)27-24(22)25(29(17)33(2,30)31)19-7-9-20(10-8-19)32-12-11-28-15-18(14-26)16-28/h3-10,17-18,25,27H,11-16H2,1-2H3/t17-,25+/m1/s1. The van der Waals surface area contributed by atoms with Gasteiger partial charge in [-0.2, -0.15) is 4.31 Å². The zero-order chi connectivity index (χ0) is 23.2. The maximum atomic E-state index is 12.8. The molecule has 1 fully saturated rings. The smallest absolute Gasteiger partial charge is 0.212 e. The average molecular weight is 472 g/mol. The maximum Gasteiger partial charge on any atom is 0.212 e. The third kappa shape index (κ3) is 4.27. The molecule has 3 heterocycles. The van der Waals surface area contributed by atoms with Crippen molar-refractivity contribution in [3.63, 3.8) is 0 Å². The number of halogens is 1. The highest BCUT2D eigenvalue weighted by Gasteiger charge is 2.40. The third-order valence-electron chi connectivity index (χ3n) is 6.81. The fourth-order valence-corrected chi connectivity index (χ4v) is 6.61. The van der Waals surface area contributed by atoms with Crippen molar-refractivity contribution in [2.45, 2.75) is 25.4 Å². The second-order valence-electron chi connectivity index (χ2n) is 9.31. The Bertz CT molecular complexity index is 1240. The van der Waals surface area contributed by atoms with Gasteiger partial charge in [-0.15, -0.1) is 0 Å². The summed E-state index contributed by atoms with van der Waals surface area (Å²) in [6.07, 6.45) is 1.95. The monoisotopic (exact) mass is 471 g/mol. The molecule has 1 saturated heterocycles. The predicted octanol–water partition coefficient (Wildman–Crippen LogP) is 3.74. The summed E-state index contributed by atoms with van der Waals surface area (Å²) in [7, 11) is -3.44. The van der Waals surface area contributed by atoms with Crippen molar-refractivity contribution >= 4 is 20.9 Å². The second kappa shape index (κ2) is 8.74. The van der Waals surface area contributed by atoms with Crippen LogP contribution in [0.5, 0.6) is 5.75 Å². The fraction of sp³-hybridized carbons (Fsp3) is 0.440. The molecule has 0 spiro atoms. The highest BCUT2D eigenvalue weighted by Crippen LogP contribution is 2.42. The number of aromatic amines is 1. The number of hydrogen-bond donors (Lipinski definition) is 1. The summed E-state index contributed by atoms with van der Waals surface area (Å²) in [4.78, 5) is 5.68. The molecule has 0 aliphatic carbocycles. The van der Waals surface area contributed by atoms with Crippen LogP contribution in [0.3, 0.4) is 0 Å². The number of ether oxygens (including phenoxy) is 1. The summed E-state index contributed by atoms with van der Waals surface area (Å²) >= 11 is 0. The lowest BCUT2D eigenvalue weighted by Gasteiger charge is -2.39. The molecule has 0 saturated carbocycles. The number of hydrogen-bond acceptors (Lipinski definition) is 4. The number of nitrogens with zero attached hydrogens (tertiary/aromatic N) is 2. The van der Waals surface area contributed by atoms with Crippen molar-refractivity contribution in [3.05, 3.63) is 65.4 Å². The normalized spacial score (nSPS) is 22.3. The number of benzene rings is 2. The number of sulfonamides is 1. The molecule has 1 N–H and O–H groups in total. The van der Waals surface area contributed by atoms with Gasteiger partial charge in [0.15, 0.2) is 0 Å². The minimum atomic E-state index is -3.44. The number of alkyl halides is 1. The summed E-state index contributed by atoms with van der Waals surface area (Å²) in [5.74, 6) is 0.919. The van der Waals surface area contributed by atoms with Crippen LogP contribution >= 0.6 is 0 Å². The average Bonchev–Trinajstić information content (AvgIpc) is 3.12. The van der Waals surface area contributed by atoms with Gasteiger partial charge in [0.2, 0.25) is 10.0 Å². The second-order valence-corrected chi connectivity index (χ2v) is 11.2. The minimum Gasteiger partial charge on any atom is -0.492 e. The molecule has 2 atom stereocenters. The third-order valence-corrected chi connectivity index (χ3v) is 8.15. The van der Waals surface area contributed by atoms with E-state index in [-0.39, 0.29) is 18.6 Å². The Hall–Kier alpha value is -2.42. The number of nitrogens with one attached hydrogen (secondary N) is 1. The van der Waals surface area contributed by atoms with Crippen molar-refractivity contribution in [2.24, 2.45) is 5.92 Å². The number of para-hydroxylation sites is 1. The van der Waals surface area contributed by atoms with E-state index in [0.717, 1.165) is 47.5 Å². The van der Waals surface area contributed by atoms with Gasteiger partial charge in [-0.3, -0.25) is 9.29 Å². The molecule has 6 nitrogen and oxygen atoms in total. The van der Waals surface area contributed by atoms with Gasteiger partial charge < -0.3 is 9.72 Å².